The van der Waals surface area contributed by atoms with Gasteiger partial charge in [-0.2, -0.15) is 0 Å². The van der Waals surface area contributed by atoms with Gasteiger partial charge in [-0.15, -0.1) is 0 Å². The van der Waals surface area contributed by atoms with Crippen molar-refractivity contribution in [2.75, 3.05) is 21.3 Å². The predicted molar refractivity (Wildman–Crippen MR) is 185 cm³/mol. The largest absolute Gasteiger partial charge is 0.369 e. The maximum absolute atomic E-state index is 13.1. The second kappa shape index (κ2) is 17.1. The minimum Gasteiger partial charge on any atom is -0.369 e. The van der Waals surface area contributed by atoms with Gasteiger partial charge in [0, 0.05) is 25.0 Å². The van der Waals surface area contributed by atoms with Crippen molar-refractivity contribution >= 4 is 46.9 Å². The third-order valence-corrected chi connectivity index (χ3v) is 6.71. The Labute approximate surface area is 287 Å². The van der Waals surface area contributed by atoms with Crippen molar-refractivity contribution < 1.29 is 28.7 Å². The molecule has 4 aromatic heterocycles. The summed E-state index contributed by atoms with van der Waals surface area (Å²) in [5.74, 6) is 0.190. The Kier molecular flexibility index (Phi) is 12.0. The van der Waals surface area contributed by atoms with Crippen molar-refractivity contribution in [1.29, 1.82) is 0 Å². The summed E-state index contributed by atoms with van der Waals surface area (Å²) in [6.07, 6.45) is 0. The number of pyridine rings is 4. The number of nitrogens with zero attached hydrogens (tertiary/aromatic N) is 4. The molecule has 0 aliphatic heterocycles. The lowest BCUT2D eigenvalue weighted by molar-refractivity contribution is -0.115. The number of carbonyl (C=O) groups excluding carboxylic acids is 4. The minimum absolute atomic E-state index is 0.164. The summed E-state index contributed by atoms with van der Waals surface area (Å²) < 4.78 is 11.5. The summed E-state index contributed by atoms with van der Waals surface area (Å²) in [5, 5.41) is 10.8. The molecule has 0 unspecified atom stereocenters. The van der Waals surface area contributed by atoms with Crippen molar-refractivity contribution in [3.05, 3.63) is 131 Å². The standard InChI is InChI=1S/C36H34N8O6/c1-23(45)37-31-14-4-10-27(39-31)19-49-21-29-12-6-16-33(41-29)43-35(47)25-8-3-9-26(18-25)36(48)44-34-17-7-13-30(42-34)22-50-20-28-11-5-15-32(40-28)38-24(2)46/h3-18H,19-22H2,1-2H3,(H,37,39,45)(H,38,40,46)(H,41,43,47)(H,42,44,48). The molecule has 5 aromatic rings. The number of hydrogen-bond acceptors (Lipinski definition) is 10. The van der Waals surface area contributed by atoms with Crippen LogP contribution >= 0.6 is 0 Å². The van der Waals surface area contributed by atoms with Crippen LogP contribution in [0.4, 0.5) is 23.3 Å². The van der Waals surface area contributed by atoms with Crippen molar-refractivity contribution in [2.24, 2.45) is 0 Å². The number of aromatic nitrogens is 4. The quantitative estimate of drug-likeness (QED) is 0.123. The van der Waals surface area contributed by atoms with E-state index in [2.05, 4.69) is 41.2 Å². The van der Waals surface area contributed by atoms with Gasteiger partial charge in [0.2, 0.25) is 11.8 Å². The minimum atomic E-state index is -0.446. The summed E-state index contributed by atoms with van der Waals surface area (Å²) >= 11 is 0. The smallest absolute Gasteiger partial charge is 0.256 e. The van der Waals surface area contributed by atoms with Crippen LogP contribution in [-0.2, 0) is 45.5 Å². The van der Waals surface area contributed by atoms with E-state index in [1.54, 1.807) is 91.0 Å². The van der Waals surface area contributed by atoms with Crippen molar-refractivity contribution in [1.82, 2.24) is 19.9 Å². The lowest BCUT2D eigenvalue weighted by Gasteiger charge is -2.10. The van der Waals surface area contributed by atoms with E-state index in [1.165, 1.54) is 19.9 Å². The van der Waals surface area contributed by atoms with Gasteiger partial charge in [-0.25, -0.2) is 19.9 Å². The lowest BCUT2D eigenvalue weighted by Crippen LogP contribution is -2.17. The molecule has 4 amide bonds. The summed E-state index contributed by atoms with van der Waals surface area (Å²) in [6.45, 7) is 3.54. The predicted octanol–water partition coefficient (Wildman–Crippen LogP) is 5.12. The molecule has 4 heterocycles. The number of ether oxygens (including phenoxy) is 2. The number of benzene rings is 1. The molecule has 0 spiro atoms. The zero-order valence-corrected chi connectivity index (χ0v) is 27.3. The molecule has 0 radical (unpaired) electrons. The summed E-state index contributed by atoms with van der Waals surface area (Å²) in [6, 6.07) is 27.1. The summed E-state index contributed by atoms with van der Waals surface area (Å²) in [4.78, 5) is 66.3. The fourth-order valence-corrected chi connectivity index (χ4v) is 4.58. The Hall–Kier alpha value is -6.38. The number of nitrogens with one attached hydrogen (secondary N) is 4. The first-order chi connectivity index (χ1) is 24.2. The van der Waals surface area contributed by atoms with Crippen LogP contribution in [0.15, 0.2) is 97.1 Å². The molecule has 0 atom stereocenters. The summed E-state index contributed by atoms with van der Waals surface area (Å²) in [5.41, 5.74) is 2.97. The van der Waals surface area contributed by atoms with Crippen LogP contribution in [0.2, 0.25) is 0 Å². The monoisotopic (exact) mass is 674 g/mol. The molecular weight excluding hydrogens is 640 g/mol. The molecule has 0 aliphatic rings. The van der Waals surface area contributed by atoms with Gasteiger partial charge in [0.25, 0.3) is 11.8 Å². The van der Waals surface area contributed by atoms with E-state index in [-0.39, 0.29) is 49.4 Å². The number of rotatable bonds is 14. The highest BCUT2D eigenvalue weighted by molar-refractivity contribution is 6.08. The van der Waals surface area contributed by atoms with E-state index in [1.807, 2.05) is 0 Å². The van der Waals surface area contributed by atoms with Crippen molar-refractivity contribution in [2.45, 2.75) is 40.3 Å². The van der Waals surface area contributed by atoms with E-state index in [0.29, 0.717) is 46.0 Å². The second-order valence-electron chi connectivity index (χ2n) is 10.9. The van der Waals surface area contributed by atoms with Crippen LogP contribution in [-0.4, -0.2) is 43.6 Å². The third kappa shape index (κ3) is 10.8. The SMILES string of the molecule is CC(=O)Nc1cccc(COCc2cccc(NC(=O)c3cccc(C(=O)Nc4cccc(COCc5cccc(NC(C)=O)n5)n4)c3)n2)n1. The zero-order chi connectivity index (χ0) is 35.3. The van der Waals surface area contributed by atoms with Gasteiger partial charge in [0.05, 0.1) is 49.2 Å². The van der Waals surface area contributed by atoms with Crippen LogP contribution < -0.4 is 21.3 Å². The Morgan fingerprint density at radius 2 is 0.760 bits per heavy atom. The van der Waals surface area contributed by atoms with Gasteiger partial charge in [0.15, 0.2) is 0 Å². The fraction of sp³-hybridized carbons (Fsp3) is 0.167. The Morgan fingerprint density at radius 1 is 0.460 bits per heavy atom. The topological polar surface area (TPSA) is 186 Å². The normalized spacial score (nSPS) is 10.6. The molecule has 254 valence electrons. The third-order valence-electron chi connectivity index (χ3n) is 6.71. The number of amides is 4. The molecule has 0 aliphatic carbocycles. The molecule has 0 bridgehead atoms. The van der Waals surface area contributed by atoms with Gasteiger partial charge in [0.1, 0.15) is 23.3 Å². The first kappa shape index (κ1) is 34.9. The molecule has 0 saturated carbocycles. The van der Waals surface area contributed by atoms with Crippen LogP contribution in [0.3, 0.4) is 0 Å². The van der Waals surface area contributed by atoms with E-state index >= 15 is 0 Å². The van der Waals surface area contributed by atoms with Gasteiger partial charge in [-0.1, -0.05) is 30.3 Å². The number of anilines is 4. The molecule has 50 heavy (non-hydrogen) atoms. The molecule has 0 saturated heterocycles. The highest BCUT2D eigenvalue weighted by Gasteiger charge is 2.13. The number of hydrogen-bond donors (Lipinski definition) is 4. The number of carbonyl (C=O) groups is 4. The molecule has 5 rings (SSSR count). The van der Waals surface area contributed by atoms with Crippen molar-refractivity contribution in [3.63, 3.8) is 0 Å². The maximum atomic E-state index is 13.1. The Bertz CT molecular complexity index is 1870. The Balaban J connectivity index is 1.12. The molecule has 1 aromatic carbocycles. The highest BCUT2D eigenvalue weighted by atomic mass is 16.5. The van der Waals surface area contributed by atoms with Gasteiger partial charge >= 0.3 is 0 Å². The molecule has 0 fully saturated rings. The lowest BCUT2D eigenvalue weighted by atomic mass is 10.1. The molecule has 4 N–H and O–H groups in total. The van der Waals surface area contributed by atoms with E-state index in [4.69, 9.17) is 9.47 Å². The van der Waals surface area contributed by atoms with E-state index in [0.717, 1.165) is 0 Å². The zero-order valence-electron chi connectivity index (χ0n) is 27.3. The van der Waals surface area contributed by atoms with E-state index in [9.17, 15) is 19.2 Å². The van der Waals surface area contributed by atoms with Crippen LogP contribution in [0, 0.1) is 0 Å². The van der Waals surface area contributed by atoms with Crippen molar-refractivity contribution in [3.8, 4) is 0 Å². The Morgan fingerprint density at radius 3 is 1.08 bits per heavy atom. The molecular formula is C36H34N8O6. The molecule has 14 heteroatoms. The maximum Gasteiger partial charge on any atom is 0.256 e. The van der Waals surface area contributed by atoms with Crippen LogP contribution in [0.5, 0.6) is 0 Å². The first-order valence-electron chi connectivity index (χ1n) is 15.5. The average Bonchev–Trinajstić information content (AvgIpc) is 3.08. The van der Waals surface area contributed by atoms with Crippen LogP contribution in [0.25, 0.3) is 0 Å². The second-order valence-corrected chi connectivity index (χ2v) is 10.9. The molecule has 14 nitrogen and oxygen atoms in total. The van der Waals surface area contributed by atoms with E-state index < -0.39 is 11.8 Å². The fourth-order valence-electron chi connectivity index (χ4n) is 4.58. The average molecular weight is 675 g/mol. The van der Waals surface area contributed by atoms with Crippen LogP contribution in [0.1, 0.15) is 57.3 Å². The van der Waals surface area contributed by atoms with Gasteiger partial charge in [-0.05, 0) is 66.7 Å². The summed E-state index contributed by atoms with van der Waals surface area (Å²) in [7, 11) is 0. The highest BCUT2D eigenvalue weighted by Crippen LogP contribution is 2.15. The van der Waals surface area contributed by atoms with Gasteiger partial charge < -0.3 is 30.7 Å². The first-order valence-corrected chi connectivity index (χ1v) is 15.5. The van der Waals surface area contributed by atoms with Gasteiger partial charge in [-0.3, -0.25) is 19.2 Å².